The predicted molar refractivity (Wildman–Crippen MR) is 132 cm³/mol. The van der Waals surface area contributed by atoms with Gasteiger partial charge in [0.15, 0.2) is 5.16 Å². The highest BCUT2D eigenvalue weighted by Crippen LogP contribution is 2.39. The molecule has 0 spiro atoms. The van der Waals surface area contributed by atoms with E-state index < -0.39 is 5.60 Å². The van der Waals surface area contributed by atoms with Gasteiger partial charge in [0.2, 0.25) is 0 Å². The summed E-state index contributed by atoms with van der Waals surface area (Å²) in [6.45, 7) is 12.4. The number of piperazine rings is 1. The number of aromatic nitrogens is 2. The van der Waals surface area contributed by atoms with Gasteiger partial charge in [0.05, 0.1) is 34.0 Å². The van der Waals surface area contributed by atoms with Gasteiger partial charge < -0.3 is 20.1 Å². The highest BCUT2D eigenvalue weighted by molar-refractivity contribution is 8.00. The van der Waals surface area contributed by atoms with Gasteiger partial charge in [0.25, 0.3) is 0 Å². The Balaban J connectivity index is 0.00000225. The summed E-state index contributed by atoms with van der Waals surface area (Å²) < 4.78 is -0.151. The van der Waals surface area contributed by atoms with Crippen LogP contribution in [0.15, 0.2) is 17.3 Å². The molecule has 2 heterocycles. The zero-order valence-corrected chi connectivity index (χ0v) is 21.1. The molecule has 1 aliphatic heterocycles. The Kier molecular flexibility index (Phi) is 10.1. The van der Waals surface area contributed by atoms with Gasteiger partial charge in [-0.25, -0.2) is 4.98 Å². The Labute approximate surface area is 200 Å². The fraction of sp³-hybridized carbons (Fsp3) is 0.650. The summed E-state index contributed by atoms with van der Waals surface area (Å²) in [7, 11) is 0. The highest BCUT2D eigenvalue weighted by Gasteiger charge is 2.29. The molecule has 1 saturated heterocycles. The number of aliphatic hydroxyl groups is 2. The lowest BCUT2D eigenvalue weighted by Gasteiger charge is -2.36. The molecule has 172 valence electrons. The monoisotopic (exact) mass is 498 g/mol. The lowest BCUT2D eigenvalue weighted by atomic mass is 9.96. The minimum atomic E-state index is -0.725. The van der Waals surface area contributed by atoms with E-state index in [0.29, 0.717) is 11.4 Å². The largest absolute Gasteiger partial charge is 0.395 e. The molecule has 0 aliphatic carbocycles. The summed E-state index contributed by atoms with van der Waals surface area (Å²) in [4.78, 5) is 12.7. The first-order chi connectivity index (χ1) is 13.1. The number of imidazole rings is 1. The number of anilines is 1. The van der Waals surface area contributed by atoms with Crippen molar-refractivity contribution in [3.63, 3.8) is 0 Å². The maximum Gasteiger partial charge on any atom is 0.166 e. The van der Waals surface area contributed by atoms with E-state index >= 15 is 0 Å². The van der Waals surface area contributed by atoms with Gasteiger partial charge in [0.1, 0.15) is 0 Å². The fourth-order valence-electron chi connectivity index (χ4n) is 3.98. The lowest BCUT2D eigenvalue weighted by Crippen LogP contribution is -2.47. The number of aromatic amines is 1. The molecule has 6 nitrogen and oxygen atoms in total. The quantitative estimate of drug-likeness (QED) is 0.496. The summed E-state index contributed by atoms with van der Waals surface area (Å²) in [5.41, 5.74) is 2.12. The molecule has 0 radical (unpaired) electrons. The predicted octanol–water partition coefficient (Wildman–Crippen LogP) is 4.21. The Morgan fingerprint density at radius 2 is 1.77 bits per heavy atom. The summed E-state index contributed by atoms with van der Waals surface area (Å²) >= 11 is 8.21. The summed E-state index contributed by atoms with van der Waals surface area (Å²) in [5, 5.41) is 20.8. The van der Waals surface area contributed by atoms with Crippen LogP contribution < -0.4 is 4.90 Å². The molecule has 1 aromatic heterocycles. The fourth-order valence-corrected chi connectivity index (χ4v) is 5.51. The molecule has 30 heavy (non-hydrogen) atoms. The van der Waals surface area contributed by atoms with Gasteiger partial charge in [-0.15, -0.1) is 24.8 Å². The number of hydrogen-bond donors (Lipinski definition) is 3. The van der Waals surface area contributed by atoms with Crippen molar-refractivity contribution in [1.82, 2.24) is 14.9 Å². The lowest BCUT2D eigenvalue weighted by molar-refractivity contribution is 0.0629. The normalized spacial score (nSPS) is 15.8. The first-order valence-corrected chi connectivity index (χ1v) is 10.9. The Morgan fingerprint density at radius 1 is 1.13 bits per heavy atom. The average Bonchev–Trinajstić information content (AvgIpc) is 2.93. The second kappa shape index (κ2) is 10.9. The van der Waals surface area contributed by atoms with Crippen molar-refractivity contribution < 1.29 is 10.2 Å². The van der Waals surface area contributed by atoms with Crippen LogP contribution in [0.1, 0.15) is 34.1 Å². The molecular weight excluding hydrogens is 467 g/mol. The molecule has 1 aromatic carbocycles. The van der Waals surface area contributed by atoms with E-state index in [2.05, 4.69) is 34.7 Å². The van der Waals surface area contributed by atoms with Gasteiger partial charge in [-0.2, -0.15) is 0 Å². The molecule has 1 aliphatic rings. The van der Waals surface area contributed by atoms with Crippen molar-refractivity contribution in [2.75, 3.05) is 44.2 Å². The third kappa shape index (κ3) is 7.33. The number of hydrogen-bond acceptors (Lipinski definition) is 6. The second-order valence-electron chi connectivity index (χ2n) is 8.77. The number of nitrogens with zero attached hydrogens (tertiary/aromatic N) is 3. The molecule has 3 N–H and O–H groups in total. The van der Waals surface area contributed by atoms with Gasteiger partial charge in [-0.1, -0.05) is 37.2 Å². The zero-order valence-electron chi connectivity index (χ0n) is 17.9. The Morgan fingerprint density at radius 3 is 2.33 bits per heavy atom. The van der Waals surface area contributed by atoms with Gasteiger partial charge in [-0.05, 0) is 32.4 Å². The molecule has 0 saturated carbocycles. The van der Waals surface area contributed by atoms with Crippen LogP contribution in [0.4, 0.5) is 5.69 Å². The molecule has 3 rings (SSSR count). The molecule has 1 fully saturated rings. The molecule has 0 amide bonds. The Bertz CT molecular complexity index is 818. The molecule has 0 bridgehead atoms. The minimum Gasteiger partial charge on any atom is -0.395 e. The highest BCUT2D eigenvalue weighted by atomic mass is 35.5. The van der Waals surface area contributed by atoms with Crippen LogP contribution in [0.2, 0.25) is 5.02 Å². The van der Waals surface area contributed by atoms with Crippen LogP contribution >= 0.6 is 48.2 Å². The summed E-state index contributed by atoms with van der Waals surface area (Å²) in [5.74, 6) is 0. The SMILES string of the molecule is CC(C)(O)CC(C)(C)Sc1nc2cc(Cl)c(N3CCN(CCO)CC3)cc2[nH]1.Cl.Cl. The van der Waals surface area contributed by atoms with Crippen molar-refractivity contribution in [3.8, 4) is 0 Å². The maximum absolute atomic E-state index is 10.2. The molecular formula is C20H33Cl3N4O2S. The average molecular weight is 500 g/mol. The van der Waals surface area contributed by atoms with Crippen LogP contribution in [-0.4, -0.2) is 74.8 Å². The van der Waals surface area contributed by atoms with Crippen LogP contribution in [0.5, 0.6) is 0 Å². The van der Waals surface area contributed by atoms with Crippen molar-refractivity contribution in [2.24, 2.45) is 0 Å². The number of benzene rings is 1. The maximum atomic E-state index is 10.2. The molecule has 2 aromatic rings. The minimum absolute atomic E-state index is 0. The topological polar surface area (TPSA) is 75.6 Å². The number of nitrogens with one attached hydrogen (secondary N) is 1. The van der Waals surface area contributed by atoms with Crippen LogP contribution in [0, 0.1) is 0 Å². The zero-order chi connectivity index (χ0) is 20.5. The molecule has 0 atom stereocenters. The standard InChI is InChI=1S/C20H31ClN4O2S.2ClH/c1-19(2,27)13-20(3,4)28-18-22-15-11-14(21)17(12-16(15)23-18)25-7-5-24(6-8-25)9-10-26;;/h11-12,26-27H,5-10,13H2,1-4H3,(H,22,23);2*1H. The molecule has 10 heteroatoms. The van der Waals surface area contributed by atoms with Crippen LogP contribution in [0.25, 0.3) is 11.0 Å². The van der Waals surface area contributed by atoms with E-state index in [1.54, 1.807) is 11.8 Å². The third-order valence-electron chi connectivity index (χ3n) is 4.89. The number of fused-ring (bicyclic) bond motifs is 1. The van der Waals surface area contributed by atoms with Crippen molar-refractivity contribution in [3.05, 3.63) is 17.2 Å². The van der Waals surface area contributed by atoms with Gasteiger partial charge in [0, 0.05) is 37.5 Å². The number of rotatable bonds is 7. The van der Waals surface area contributed by atoms with Crippen molar-refractivity contribution in [2.45, 2.75) is 49.6 Å². The van der Waals surface area contributed by atoms with Crippen LogP contribution in [0.3, 0.4) is 0 Å². The van der Waals surface area contributed by atoms with E-state index in [0.717, 1.165) is 54.6 Å². The number of H-pyrrole nitrogens is 1. The smallest absolute Gasteiger partial charge is 0.166 e. The van der Waals surface area contributed by atoms with Crippen LogP contribution in [-0.2, 0) is 0 Å². The second-order valence-corrected chi connectivity index (χ2v) is 10.9. The van der Waals surface area contributed by atoms with Gasteiger partial charge >= 0.3 is 0 Å². The van der Waals surface area contributed by atoms with E-state index in [-0.39, 0.29) is 36.2 Å². The van der Waals surface area contributed by atoms with E-state index in [9.17, 15) is 5.11 Å². The summed E-state index contributed by atoms with van der Waals surface area (Å²) in [6, 6.07) is 4.01. The number of halogens is 3. The number of β-amino-alcohol motifs (C(OH)–C–C–N with tert-alkyl or cyclic N) is 1. The first kappa shape index (κ1) is 27.6. The van der Waals surface area contributed by atoms with Gasteiger partial charge in [-0.3, -0.25) is 4.90 Å². The Hall–Kier alpha value is -0.410. The third-order valence-corrected chi connectivity index (χ3v) is 6.28. The van der Waals surface area contributed by atoms with E-state index in [4.69, 9.17) is 21.7 Å². The number of aliphatic hydroxyl groups excluding tert-OH is 1. The van der Waals surface area contributed by atoms with E-state index in [1.807, 2.05) is 19.9 Å². The number of thioether (sulfide) groups is 1. The summed E-state index contributed by atoms with van der Waals surface area (Å²) in [6.07, 6.45) is 0.659. The molecule has 0 unspecified atom stereocenters. The van der Waals surface area contributed by atoms with Crippen molar-refractivity contribution in [1.29, 1.82) is 0 Å². The first-order valence-electron chi connectivity index (χ1n) is 9.75. The van der Waals surface area contributed by atoms with Crippen molar-refractivity contribution >= 4 is 64.9 Å². The van der Waals surface area contributed by atoms with E-state index in [1.165, 1.54) is 0 Å².